The zero-order valence-electron chi connectivity index (χ0n) is 18.0. The molecule has 3 N–H and O–H groups in total. The van der Waals surface area contributed by atoms with Crippen LogP contribution in [0, 0.1) is 20.8 Å². The molecule has 0 aliphatic carbocycles. The Morgan fingerprint density at radius 2 is 1.59 bits per heavy atom. The lowest BCUT2D eigenvalue weighted by molar-refractivity contribution is 0.0845. The maximum absolute atomic E-state index is 12.8. The Labute approximate surface area is 185 Å². The Bertz CT molecular complexity index is 1280. The van der Waals surface area contributed by atoms with E-state index in [0.717, 1.165) is 0 Å². The van der Waals surface area contributed by atoms with E-state index in [0.29, 0.717) is 28.4 Å². The standard InChI is InChI=1S/C22H23N3O6S/c1-13-14(2)31-15(3)20(13)22(27)24-23-21(26)16-8-7-9-17(12-16)32(28,29)25-18-10-5-6-11-19(18)30-4/h5-12,25H,1-4H3,(H,23,26)(H,24,27). The van der Waals surface area contributed by atoms with Crippen molar-refractivity contribution in [3.63, 3.8) is 0 Å². The van der Waals surface area contributed by atoms with Crippen LogP contribution in [0.2, 0.25) is 0 Å². The average Bonchev–Trinajstić information content (AvgIpc) is 3.03. The highest BCUT2D eigenvalue weighted by molar-refractivity contribution is 7.92. The number of anilines is 1. The fraction of sp³-hybridized carbons (Fsp3) is 0.182. The summed E-state index contributed by atoms with van der Waals surface area (Å²) in [7, 11) is -2.56. The molecule has 2 amide bonds. The summed E-state index contributed by atoms with van der Waals surface area (Å²) in [5.41, 5.74) is 5.93. The molecule has 0 saturated carbocycles. The third-order valence-corrected chi connectivity index (χ3v) is 6.20. The van der Waals surface area contributed by atoms with E-state index >= 15 is 0 Å². The third kappa shape index (κ3) is 4.75. The fourth-order valence-electron chi connectivity index (χ4n) is 3.11. The van der Waals surface area contributed by atoms with Crippen molar-refractivity contribution in [3.8, 4) is 5.75 Å². The van der Waals surface area contributed by atoms with Crippen molar-refractivity contribution in [2.45, 2.75) is 25.7 Å². The molecule has 2 aromatic carbocycles. The smallest absolute Gasteiger partial charge is 0.273 e. The summed E-state index contributed by atoms with van der Waals surface area (Å²) in [5.74, 6) is 0.185. The van der Waals surface area contributed by atoms with Gasteiger partial charge in [-0.3, -0.25) is 25.2 Å². The molecule has 0 aliphatic heterocycles. The second-order valence-electron chi connectivity index (χ2n) is 6.96. The molecule has 1 heterocycles. The van der Waals surface area contributed by atoms with E-state index in [4.69, 9.17) is 9.15 Å². The molecule has 10 heteroatoms. The highest BCUT2D eigenvalue weighted by atomic mass is 32.2. The Balaban J connectivity index is 1.75. The maximum atomic E-state index is 12.8. The summed E-state index contributed by atoms with van der Waals surface area (Å²) in [4.78, 5) is 24.8. The van der Waals surface area contributed by atoms with E-state index in [-0.39, 0.29) is 16.1 Å². The van der Waals surface area contributed by atoms with Gasteiger partial charge in [-0.1, -0.05) is 18.2 Å². The quantitative estimate of drug-likeness (QED) is 0.488. The number of carbonyl (C=O) groups excluding carboxylic acids is 2. The van der Waals surface area contributed by atoms with Gasteiger partial charge in [-0.2, -0.15) is 0 Å². The van der Waals surface area contributed by atoms with Crippen LogP contribution in [0.3, 0.4) is 0 Å². The van der Waals surface area contributed by atoms with Crippen molar-refractivity contribution >= 4 is 27.5 Å². The number of hydrogen-bond donors (Lipinski definition) is 3. The molecule has 0 fully saturated rings. The second kappa shape index (κ2) is 9.15. The van der Waals surface area contributed by atoms with Crippen LogP contribution >= 0.6 is 0 Å². The van der Waals surface area contributed by atoms with E-state index < -0.39 is 21.8 Å². The van der Waals surface area contributed by atoms with E-state index in [2.05, 4.69) is 15.6 Å². The van der Waals surface area contributed by atoms with Crippen LogP contribution in [0.25, 0.3) is 0 Å². The van der Waals surface area contributed by atoms with E-state index in [9.17, 15) is 18.0 Å². The minimum atomic E-state index is -3.99. The molecule has 0 radical (unpaired) electrons. The zero-order valence-corrected chi connectivity index (χ0v) is 18.8. The Hall–Kier alpha value is -3.79. The Morgan fingerprint density at radius 3 is 2.25 bits per heavy atom. The number of aryl methyl sites for hydroxylation is 2. The first kappa shape index (κ1) is 22.9. The van der Waals surface area contributed by atoms with Gasteiger partial charge in [0.2, 0.25) is 0 Å². The minimum Gasteiger partial charge on any atom is -0.495 e. The maximum Gasteiger partial charge on any atom is 0.273 e. The van der Waals surface area contributed by atoms with Crippen molar-refractivity contribution in [2.24, 2.45) is 0 Å². The van der Waals surface area contributed by atoms with Crippen LogP contribution in [0.5, 0.6) is 5.75 Å². The first-order chi connectivity index (χ1) is 15.1. The molecule has 1 aromatic heterocycles. The van der Waals surface area contributed by atoms with Crippen LogP contribution in [-0.2, 0) is 10.0 Å². The molecule has 0 aliphatic rings. The number of sulfonamides is 1. The predicted molar refractivity (Wildman–Crippen MR) is 118 cm³/mol. The minimum absolute atomic E-state index is 0.0463. The SMILES string of the molecule is COc1ccccc1NS(=O)(=O)c1cccc(C(=O)NNC(=O)c2c(C)oc(C)c2C)c1. The molecule has 9 nitrogen and oxygen atoms in total. The van der Waals surface area contributed by atoms with Gasteiger partial charge in [0.1, 0.15) is 17.3 Å². The fourth-order valence-corrected chi connectivity index (χ4v) is 4.23. The molecule has 0 unspecified atom stereocenters. The van der Waals surface area contributed by atoms with Crippen LogP contribution in [0.1, 0.15) is 37.8 Å². The molecule has 168 valence electrons. The molecule has 32 heavy (non-hydrogen) atoms. The Kier molecular flexibility index (Phi) is 6.54. The summed E-state index contributed by atoms with van der Waals surface area (Å²) >= 11 is 0. The van der Waals surface area contributed by atoms with Gasteiger partial charge in [0.25, 0.3) is 21.8 Å². The number of nitrogens with one attached hydrogen (secondary N) is 3. The molecule has 0 spiro atoms. The normalized spacial score (nSPS) is 11.0. The molecule has 0 saturated heterocycles. The van der Waals surface area contributed by atoms with Crippen molar-refractivity contribution in [2.75, 3.05) is 11.8 Å². The van der Waals surface area contributed by atoms with E-state index in [1.807, 2.05) is 0 Å². The summed E-state index contributed by atoms with van der Waals surface area (Å²) in [5, 5.41) is 0. The molecular formula is C22H23N3O6S. The largest absolute Gasteiger partial charge is 0.495 e. The van der Waals surface area contributed by atoms with Crippen molar-refractivity contribution in [1.29, 1.82) is 0 Å². The lowest BCUT2D eigenvalue weighted by Gasteiger charge is -2.12. The second-order valence-corrected chi connectivity index (χ2v) is 8.64. The number of para-hydroxylation sites is 2. The summed E-state index contributed by atoms with van der Waals surface area (Å²) in [6, 6.07) is 12.0. The number of rotatable bonds is 6. The number of carbonyl (C=O) groups is 2. The number of furan rings is 1. The molecule has 0 atom stereocenters. The van der Waals surface area contributed by atoms with Gasteiger partial charge < -0.3 is 9.15 Å². The molecule has 3 rings (SSSR count). The van der Waals surface area contributed by atoms with Gasteiger partial charge in [-0.25, -0.2) is 8.42 Å². The van der Waals surface area contributed by atoms with Crippen LogP contribution in [0.4, 0.5) is 5.69 Å². The van der Waals surface area contributed by atoms with E-state index in [1.54, 1.807) is 45.0 Å². The molecule has 3 aromatic rings. The zero-order chi connectivity index (χ0) is 23.5. The van der Waals surface area contributed by atoms with Crippen LogP contribution in [0.15, 0.2) is 57.8 Å². The number of methoxy groups -OCH3 is 1. The van der Waals surface area contributed by atoms with Gasteiger partial charge in [-0.05, 0) is 51.1 Å². The molecule has 0 bridgehead atoms. The van der Waals surface area contributed by atoms with E-state index in [1.165, 1.54) is 31.4 Å². The average molecular weight is 458 g/mol. The number of hydrogen-bond acceptors (Lipinski definition) is 6. The van der Waals surface area contributed by atoms with Crippen LogP contribution in [-0.4, -0.2) is 27.3 Å². The van der Waals surface area contributed by atoms with Crippen molar-refractivity contribution < 1.29 is 27.2 Å². The van der Waals surface area contributed by atoms with Gasteiger partial charge in [0.15, 0.2) is 0 Å². The summed E-state index contributed by atoms with van der Waals surface area (Å²) < 4.78 is 38.6. The lowest BCUT2D eigenvalue weighted by atomic mass is 10.1. The highest BCUT2D eigenvalue weighted by Crippen LogP contribution is 2.26. The molecular weight excluding hydrogens is 434 g/mol. The van der Waals surface area contributed by atoms with Gasteiger partial charge >= 0.3 is 0 Å². The number of benzene rings is 2. The topological polar surface area (TPSA) is 127 Å². The lowest BCUT2D eigenvalue weighted by Crippen LogP contribution is -2.42. The van der Waals surface area contributed by atoms with Gasteiger partial charge in [0.05, 0.1) is 23.3 Å². The number of amides is 2. The summed E-state index contributed by atoms with van der Waals surface area (Å²) in [6.45, 7) is 5.13. The summed E-state index contributed by atoms with van der Waals surface area (Å²) in [6.07, 6.45) is 0. The van der Waals surface area contributed by atoms with Gasteiger partial charge in [-0.15, -0.1) is 0 Å². The van der Waals surface area contributed by atoms with Gasteiger partial charge in [0, 0.05) is 11.1 Å². The predicted octanol–water partition coefficient (Wildman–Crippen LogP) is 3.09. The first-order valence-corrected chi connectivity index (χ1v) is 11.1. The third-order valence-electron chi connectivity index (χ3n) is 4.84. The highest BCUT2D eigenvalue weighted by Gasteiger charge is 2.21. The number of ether oxygens (including phenoxy) is 1. The van der Waals surface area contributed by atoms with Crippen molar-refractivity contribution in [1.82, 2.24) is 10.9 Å². The Morgan fingerprint density at radius 1 is 0.906 bits per heavy atom. The van der Waals surface area contributed by atoms with Crippen molar-refractivity contribution in [3.05, 3.63) is 76.7 Å². The van der Waals surface area contributed by atoms with Crippen LogP contribution < -0.4 is 20.3 Å². The first-order valence-electron chi connectivity index (χ1n) is 9.57. The number of hydrazine groups is 1. The monoisotopic (exact) mass is 457 g/mol.